The third-order valence-electron chi connectivity index (χ3n) is 3.30. The van der Waals surface area contributed by atoms with E-state index in [0.29, 0.717) is 26.3 Å². The molecule has 1 atom stereocenters. The Morgan fingerprint density at radius 2 is 2.05 bits per heavy atom. The summed E-state index contributed by atoms with van der Waals surface area (Å²) < 4.78 is 32.6. The molecule has 8 heteroatoms. The maximum atomic E-state index is 12.5. The van der Waals surface area contributed by atoms with Crippen LogP contribution in [0.25, 0.3) is 0 Å². The highest BCUT2D eigenvalue weighted by Gasteiger charge is 2.32. The van der Waals surface area contributed by atoms with E-state index in [1.165, 1.54) is 6.07 Å². The summed E-state index contributed by atoms with van der Waals surface area (Å²) in [6.45, 7) is 5.66. The molecule has 21 heavy (non-hydrogen) atoms. The molecule has 2 rings (SSSR count). The number of carbonyl (C=O) groups is 1. The Hall–Kier alpha value is -0.960. The monoisotopic (exact) mass is 332 g/mol. The second-order valence-electron chi connectivity index (χ2n) is 5.21. The van der Waals surface area contributed by atoms with Crippen LogP contribution in [0.5, 0.6) is 0 Å². The van der Waals surface area contributed by atoms with Crippen LogP contribution in [0.2, 0.25) is 0 Å². The number of hydrogen-bond acceptors (Lipinski definition) is 5. The van der Waals surface area contributed by atoms with Crippen molar-refractivity contribution in [3.05, 3.63) is 17.5 Å². The van der Waals surface area contributed by atoms with E-state index < -0.39 is 16.1 Å². The molecule has 1 fully saturated rings. The highest BCUT2D eigenvalue weighted by molar-refractivity contribution is 7.91. The lowest BCUT2D eigenvalue weighted by molar-refractivity contribution is -0.138. The first-order valence-corrected chi connectivity index (χ1v) is 9.20. The zero-order chi connectivity index (χ0) is 15.5. The maximum Gasteiger partial charge on any atom is 0.250 e. The summed E-state index contributed by atoms with van der Waals surface area (Å²) >= 11 is 1.14. The van der Waals surface area contributed by atoms with Gasteiger partial charge in [0.15, 0.2) is 0 Å². The van der Waals surface area contributed by atoms with Crippen molar-refractivity contribution in [2.24, 2.45) is 5.92 Å². The highest BCUT2D eigenvalue weighted by Crippen LogP contribution is 2.18. The lowest BCUT2D eigenvalue weighted by Gasteiger charge is -2.32. The van der Waals surface area contributed by atoms with E-state index in [2.05, 4.69) is 4.72 Å². The van der Waals surface area contributed by atoms with Gasteiger partial charge in [-0.3, -0.25) is 4.79 Å². The molecular weight excluding hydrogens is 312 g/mol. The Balaban J connectivity index is 2.14. The van der Waals surface area contributed by atoms with Gasteiger partial charge in [-0.1, -0.05) is 19.9 Å². The zero-order valence-electron chi connectivity index (χ0n) is 12.1. The van der Waals surface area contributed by atoms with Crippen molar-refractivity contribution in [2.75, 3.05) is 26.3 Å². The first-order valence-electron chi connectivity index (χ1n) is 6.84. The summed E-state index contributed by atoms with van der Waals surface area (Å²) in [5.41, 5.74) is 0. The molecule has 118 valence electrons. The van der Waals surface area contributed by atoms with Gasteiger partial charge in [0.25, 0.3) is 10.0 Å². The number of morpholine rings is 1. The molecule has 1 saturated heterocycles. The predicted molar refractivity (Wildman–Crippen MR) is 80.7 cm³/mol. The largest absolute Gasteiger partial charge is 0.378 e. The van der Waals surface area contributed by atoms with Gasteiger partial charge in [0, 0.05) is 13.1 Å². The number of nitrogens with one attached hydrogen (secondary N) is 1. The number of sulfonamides is 1. The van der Waals surface area contributed by atoms with Crippen molar-refractivity contribution in [1.82, 2.24) is 9.62 Å². The standard InChI is InChI=1S/C13H20N2O4S2/c1-10(2)12(13(16)15-5-7-19-8-6-15)14-21(17,18)11-4-3-9-20-11/h3-4,9-10,12,14H,5-8H2,1-2H3. The van der Waals surface area contributed by atoms with E-state index in [9.17, 15) is 13.2 Å². The molecule has 6 nitrogen and oxygen atoms in total. The van der Waals surface area contributed by atoms with Gasteiger partial charge >= 0.3 is 0 Å². The summed E-state index contributed by atoms with van der Waals surface area (Å²) in [6, 6.07) is 2.45. The van der Waals surface area contributed by atoms with Crippen LogP contribution in [0, 0.1) is 5.92 Å². The molecule has 1 amide bonds. The second-order valence-corrected chi connectivity index (χ2v) is 8.10. The van der Waals surface area contributed by atoms with Gasteiger partial charge in [-0.15, -0.1) is 11.3 Å². The highest BCUT2D eigenvalue weighted by atomic mass is 32.2. The Morgan fingerprint density at radius 3 is 2.57 bits per heavy atom. The molecule has 1 aliphatic rings. The number of nitrogens with zero attached hydrogens (tertiary/aromatic N) is 1. The molecule has 2 heterocycles. The summed E-state index contributed by atoms with van der Waals surface area (Å²) in [5, 5.41) is 1.70. The van der Waals surface area contributed by atoms with Crippen LogP contribution in [0.1, 0.15) is 13.8 Å². The van der Waals surface area contributed by atoms with E-state index >= 15 is 0 Å². The number of rotatable bonds is 5. The van der Waals surface area contributed by atoms with Gasteiger partial charge in [-0.2, -0.15) is 4.72 Å². The molecule has 0 saturated carbocycles. The Bertz CT molecular complexity index is 563. The van der Waals surface area contributed by atoms with Crippen molar-refractivity contribution in [3.8, 4) is 0 Å². The molecule has 1 aliphatic heterocycles. The third-order valence-corrected chi connectivity index (χ3v) is 6.14. The van der Waals surface area contributed by atoms with Gasteiger partial charge in [-0.25, -0.2) is 8.42 Å². The smallest absolute Gasteiger partial charge is 0.250 e. The van der Waals surface area contributed by atoms with Crippen LogP contribution in [0.3, 0.4) is 0 Å². The van der Waals surface area contributed by atoms with Crippen LogP contribution in [0.4, 0.5) is 0 Å². The van der Waals surface area contributed by atoms with E-state index in [4.69, 9.17) is 4.74 Å². The molecule has 0 aromatic carbocycles. The third kappa shape index (κ3) is 4.03. The molecule has 1 aromatic heterocycles. The first kappa shape index (κ1) is 16.4. The lowest BCUT2D eigenvalue weighted by atomic mass is 10.0. The summed E-state index contributed by atoms with van der Waals surface area (Å²) in [5.74, 6) is -0.316. The SMILES string of the molecule is CC(C)C(NS(=O)(=O)c1cccs1)C(=O)N1CCOCC1. The van der Waals surface area contributed by atoms with Gasteiger partial charge in [0.2, 0.25) is 5.91 Å². The zero-order valence-corrected chi connectivity index (χ0v) is 13.7. The fourth-order valence-corrected chi connectivity index (χ4v) is 4.44. The average molecular weight is 332 g/mol. The summed E-state index contributed by atoms with van der Waals surface area (Å²) in [4.78, 5) is 14.2. The summed E-state index contributed by atoms with van der Waals surface area (Å²) in [6.07, 6.45) is 0. The summed E-state index contributed by atoms with van der Waals surface area (Å²) in [7, 11) is -3.66. The minimum absolute atomic E-state index is 0.130. The lowest BCUT2D eigenvalue weighted by Crippen LogP contribution is -2.53. The molecule has 1 unspecified atom stereocenters. The molecular formula is C13H20N2O4S2. The van der Waals surface area contributed by atoms with Crippen LogP contribution >= 0.6 is 11.3 Å². The Labute approximate surface area is 129 Å². The van der Waals surface area contributed by atoms with Gasteiger partial charge in [0.1, 0.15) is 10.3 Å². The first-order chi connectivity index (χ1) is 9.92. The second kappa shape index (κ2) is 6.87. The van der Waals surface area contributed by atoms with Gasteiger partial charge in [-0.05, 0) is 17.4 Å². The number of carbonyl (C=O) groups excluding carboxylic acids is 1. The van der Waals surface area contributed by atoms with Crippen LogP contribution in [0.15, 0.2) is 21.7 Å². The van der Waals surface area contributed by atoms with Crippen molar-refractivity contribution in [1.29, 1.82) is 0 Å². The minimum Gasteiger partial charge on any atom is -0.378 e. The van der Waals surface area contributed by atoms with Crippen molar-refractivity contribution in [2.45, 2.75) is 24.1 Å². The van der Waals surface area contributed by atoms with E-state index in [-0.39, 0.29) is 16.0 Å². The van der Waals surface area contributed by atoms with Crippen molar-refractivity contribution in [3.63, 3.8) is 0 Å². The van der Waals surface area contributed by atoms with Crippen molar-refractivity contribution >= 4 is 27.3 Å². The number of ether oxygens (including phenoxy) is 1. The molecule has 0 radical (unpaired) electrons. The number of amides is 1. The van der Waals surface area contributed by atoms with Crippen LogP contribution < -0.4 is 4.72 Å². The quantitative estimate of drug-likeness (QED) is 0.869. The van der Waals surface area contributed by atoms with Crippen LogP contribution in [-0.4, -0.2) is 51.6 Å². The number of hydrogen-bond donors (Lipinski definition) is 1. The van der Waals surface area contributed by atoms with E-state index in [0.717, 1.165) is 11.3 Å². The Morgan fingerprint density at radius 1 is 1.38 bits per heavy atom. The van der Waals surface area contributed by atoms with Gasteiger partial charge in [0.05, 0.1) is 13.2 Å². The minimum atomic E-state index is -3.66. The normalized spacial score (nSPS) is 18.0. The van der Waals surface area contributed by atoms with E-state index in [1.54, 1.807) is 16.3 Å². The fraction of sp³-hybridized carbons (Fsp3) is 0.615. The van der Waals surface area contributed by atoms with Gasteiger partial charge < -0.3 is 9.64 Å². The molecule has 1 aromatic rings. The molecule has 1 N–H and O–H groups in total. The van der Waals surface area contributed by atoms with E-state index in [1.807, 2.05) is 13.8 Å². The fourth-order valence-electron chi connectivity index (χ4n) is 2.09. The van der Waals surface area contributed by atoms with Crippen molar-refractivity contribution < 1.29 is 17.9 Å². The van der Waals surface area contributed by atoms with Crippen LogP contribution in [-0.2, 0) is 19.6 Å². The number of thiophene rings is 1. The maximum absolute atomic E-state index is 12.5. The molecule has 0 aliphatic carbocycles. The Kier molecular flexibility index (Phi) is 5.37. The molecule has 0 bridgehead atoms. The molecule has 0 spiro atoms. The predicted octanol–water partition coefficient (Wildman–Crippen LogP) is 0.910. The topological polar surface area (TPSA) is 75.7 Å². The average Bonchev–Trinajstić information content (AvgIpc) is 3.00.